The van der Waals surface area contributed by atoms with Gasteiger partial charge in [0, 0.05) is 21.8 Å². The molecular weight excluding hydrogens is 564 g/mol. The fourth-order valence-corrected chi connectivity index (χ4v) is 5.90. The molecular formula is C13H19I2NO5SSi. The maximum atomic E-state index is 12.5. The summed E-state index contributed by atoms with van der Waals surface area (Å²) in [6.45, 7) is 6.34. The number of sulfonamides is 1. The Morgan fingerprint density at radius 1 is 1.22 bits per heavy atom. The summed E-state index contributed by atoms with van der Waals surface area (Å²) in [5, 5.41) is 9.24. The Kier molecular flexibility index (Phi) is 7.76. The quantitative estimate of drug-likeness (QED) is 0.228. The van der Waals surface area contributed by atoms with Crippen molar-refractivity contribution in [2.24, 2.45) is 0 Å². The minimum atomic E-state index is -4.15. The monoisotopic (exact) mass is 583 g/mol. The minimum absolute atomic E-state index is 0.0509. The molecule has 0 bridgehead atoms. The molecule has 0 heterocycles. The lowest BCUT2D eigenvalue weighted by atomic mass is 10.4. The molecule has 1 aromatic rings. The standard InChI is InChI=1S/C13H19I2NO5SSi/c1-23(2,3)5-4-21-9-16(13(17)18)22(19,20)12-7-10(14)6-11(15)8-12/h6-8H,4-5,9H2,1-3H3,(H,17,18). The van der Waals surface area contributed by atoms with Gasteiger partial charge in [0.25, 0.3) is 10.0 Å². The van der Waals surface area contributed by atoms with Gasteiger partial charge in [0.1, 0.15) is 6.73 Å². The van der Waals surface area contributed by atoms with Crippen molar-refractivity contribution in [2.45, 2.75) is 30.6 Å². The predicted molar refractivity (Wildman–Crippen MR) is 108 cm³/mol. The second-order valence-electron chi connectivity index (χ2n) is 6.09. The molecule has 6 nitrogen and oxygen atoms in total. The van der Waals surface area contributed by atoms with Crippen LogP contribution in [0.5, 0.6) is 0 Å². The first-order valence-corrected chi connectivity index (χ1v) is 14.0. The average Bonchev–Trinajstić information content (AvgIpc) is 2.35. The number of rotatable bonds is 7. The lowest BCUT2D eigenvalue weighted by Gasteiger charge is -2.21. The van der Waals surface area contributed by atoms with E-state index >= 15 is 0 Å². The molecule has 10 heteroatoms. The summed E-state index contributed by atoms with van der Waals surface area (Å²) in [5.74, 6) is 0. The molecule has 0 unspecified atom stereocenters. The number of halogens is 2. The average molecular weight is 583 g/mol. The lowest BCUT2D eigenvalue weighted by Crippen LogP contribution is -2.38. The van der Waals surface area contributed by atoms with E-state index in [2.05, 4.69) is 19.6 Å². The first kappa shape index (κ1) is 21.1. The number of carbonyl (C=O) groups is 1. The molecule has 0 saturated heterocycles. The molecule has 0 spiro atoms. The van der Waals surface area contributed by atoms with Crippen molar-refractivity contribution >= 4 is 69.4 Å². The summed E-state index contributed by atoms with van der Waals surface area (Å²) < 4.78 is 32.2. The zero-order chi connectivity index (χ0) is 17.8. The van der Waals surface area contributed by atoms with Gasteiger partial charge in [-0.05, 0) is 69.4 Å². The third kappa shape index (κ3) is 6.84. The van der Waals surface area contributed by atoms with E-state index in [4.69, 9.17) is 4.74 Å². The zero-order valence-corrected chi connectivity index (χ0v) is 19.2. The summed E-state index contributed by atoms with van der Waals surface area (Å²) in [4.78, 5) is 11.3. The van der Waals surface area contributed by atoms with Crippen molar-refractivity contribution in [1.82, 2.24) is 4.31 Å². The summed E-state index contributed by atoms with van der Waals surface area (Å²) in [6, 6.07) is 5.52. The Balaban J connectivity index is 2.93. The van der Waals surface area contributed by atoms with Gasteiger partial charge in [0.05, 0.1) is 4.90 Å². The van der Waals surface area contributed by atoms with Crippen LogP contribution in [-0.4, -0.2) is 45.3 Å². The van der Waals surface area contributed by atoms with Crippen molar-refractivity contribution in [2.75, 3.05) is 13.3 Å². The fraction of sp³-hybridized carbons (Fsp3) is 0.462. The number of carboxylic acid groups (broad SMARTS) is 1. The molecule has 1 rings (SSSR count). The molecule has 1 N–H and O–H groups in total. The maximum absolute atomic E-state index is 12.5. The van der Waals surface area contributed by atoms with Gasteiger partial charge >= 0.3 is 6.09 Å². The van der Waals surface area contributed by atoms with Crippen molar-refractivity contribution in [3.8, 4) is 0 Å². The number of ether oxygens (including phenoxy) is 1. The van der Waals surface area contributed by atoms with E-state index in [0.29, 0.717) is 10.9 Å². The third-order valence-corrected chi connectivity index (χ3v) is 7.47. The Morgan fingerprint density at radius 2 is 1.74 bits per heavy atom. The molecule has 0 aliphatic rings. The Morgan fingerprint density at radius 3 is 2.17 bits per heavy atom. The van der Waals surface area contributed by atoms with Crippen LogP contribution >= 0.6 is 45.2 Å². The van der Waals surface area contributed by atoms with Crippen molar-refractivity contribution < 1.29 is 23.1 Å². The van der Waals surface area contributed by atoms with E-state index in [0.717, 1.165) is 13.2 Å². The summed E-state index contributed by atoms with van der Waals surface area (Å²) in [6.07, 6.45) is -1.55. The summed E-state index contributed by atoms with van der Waals surface area (Å²) >= 11 is 3.99. The predicted octanol–water partition coefficient (Wildman–Crippen LogP) is 3.88. The van der Waals surface area contributed by atoms with Crippen LogP contribution in [0.1, 0.15) is 0 Å². The van der Waals surface area contributed by atoms with Crippen LogP contribution in [0.4, 0.5) is 4.79 Å². The van der Waals surface area contributed by atoms with Crippen LogP contribution in [0.25, 0.3) is 0 Å². The van der Waals surface area contributed by atoms with Gasteiger partial charge in [-0.3, -0.25) is 0 Å². The molecule has 1 amide bonds. The molecule has 0 radical (unpaired) electrons. The van der Waals surface area contributed by atoms with Crippen LogP contribution < -0.4 is 0 Å². The van der Waals surface area contributed by atoms with E-state index in [9.17, 15) is 18.3 Å². The summed E-state index contributed by atoms with van der Waals surface area (Å²) in [5.41, 5.74) is 0. The van der Waals surface area contributed by atoms with E-state index in [-0.39, 0.29) is 4.90 Å². The van der Waals surface area contributed by atoms with Gasteiger partial charge in [0.15, 0.2) is 0 Å². The first-order valence-electron chi connectivity index (χ1n) is 6.73. The Bertz CT molecular complexity index is 655. The van der Waals surface area contributed by atoms with Crippen molar-refractivity contribution in [1.29, 1.82) is 0 Å². The fourth-order valence-electron chi connectivity index (χ4n) is 1.56. The largest absolute Gasteiger partial charge is 0.464 e. The highest BCUT2D eigenvalue weighted by Gasteiger charge is 2.30. The second-order valence-corrected chi connectivity index (χ2v) is 16.1. The van der Waals surface area contributed by atoms with Gasteiger partial charge in [0.2, 0.25) is 0 Å². The van der Waals surface area contributed by atoms with Crippen LogP contribution in [-0.2, 0) is 14.8 Å². The van der Waals surface area contributed by atoms with Gasteiger partial charge < -0.3 is 9.84 Å². The number of hydrogen-bond donors (Lipinski definition) is 1. The van der Waals surface area contributed by atoms with Gasteiger partial charge in [-0.15, -0.1) is 0 Å². The van der Waals surface area contributed by atoms with E-state index in [1.165, 1.54) is 12.1 Å². The van der Waals surface area contributed by atoms with Crippen LogP contribution in [0.2, 0.25) is 25.7 Å². The highest BCUT2D eigenvalue weighted by molar-refractivity contribution is 14.1. The van der Waals surface area contributed by atoms with Gasteiger partial charge in [-0.25, -0.2) is 13.2 Å². The third-order valence-electron chi connectivity index (χ3n) is 2.84. The Hall–Kier alpha value is 0.0769. The highest BCUT2D eigenvalue weighted by Crippen LogP contribution is 2.22. The normalized spacial score (nSPS) is 12.2. The van der Waals surface area contributed by atoms with E-state index in [1.54, 1.807) is 6.07 Å². The number of benzene rings is 1. The lowest BCUT2D eigenvalue weighted by molar-refractivity contribution is 0.0752. The number of nitrogens with zero attached hydrogens (tertiary/aromatic N) is 1. The van der Waals surface area contributed by atoms with E-state index in [1.807, 2.05) is 45.2 Å². The summed E-state index contributed by atoms with van der Waals surface area (Å²) in [7, 11) is -5.47. The van der Waals surface area contributed by atoms with Gasteiger partial charge in [-0.2, -0.15) is 4.31 Å². The topological polar surface area (TPSA) is 83.9 Å². The zero-order valence-electron chi connectivity index (χ0n) is 13.0. The SMILES string of the molecule is C[Si](C)(C)CCOCN(C(=O)O)S(=O)(=O)c1cc(I)cc(I)c1. The van der Waals surface area contributed by atoms with E-state index < -0.39 is 30.9 Å². The molecule has 0 aliphatic heterocycles. The molecule has 0 aromatic heterocycles. The maximum Gasteiger partial charge on any atom is 0.423 e. The second kappa shape index (κ2) is 8.45. The molecule has 130 valence electrons. The van der Waals surface area contributed by atoms with Crippen molar-refractivity contribution in [3.63, 3.8) is 0 Å². The highest BCUT2D eigenvalue weighted by atomic mass is 127. The van der Waals surface area contributed by atoms with Crippen LogP contribution in [0, 0.1) is 7.14 Å². The molecule has 0 aliphatic carbocycles. The first-order chi connectivity index (χ1) is 10.4. The number of amides is 1. The minimum Gasteiger partial charge on any atom is -0.464 e. The van der Waals surface area contributed by atoms with Gasteiger partial charge in [-0.1, -0.05) is 19.6 Å². The molecule has 0 fully saturated rings. The van der Waals surface area contributed by atoms with Crippen molar-refractivity contribution in [3.05, 3.63) is 25.3 Å². The smallest absolute Gasteiger partial charge is 0.423 e. The molecule has 0 atom stereocenters. The van der Waals surface area contributed by atoms with Crippen LogP contribution in [0.15, 0.2) is 23.1 Å². The molecule has 1 aromatic carbocycles. The number of hydrogen-bond acceptors (Lipinski definition) is 4. The molecule has 0 saturated carbocycles. The molecule has 23 heavy (non-hydrogen) atoms. The Labute approximate surface area is 164 Å². The van der Waals surface area contributed by atoms with Crippen LogP contribution in [0.3, 0.4) is 0 Å².